The van der Waals surface area contributed by atoms with Crippen LogP contribution in [0.2, 0.25) is 0 Å². The number of rotatable bonds is 6. The minimum Gasteiger partial charge on any atom is -0.356 e. The summed E-state index contributed by atoms with van der Waals surface area (Å²) in [5.41, 5.74) is 7.69. The van der Waals surface area contributed by atoms with Crippen LogP contribution in [0, 0.1) is 0 Å². The first-order valence-electron chi connectivity index (χ1n) is 11.7. The molecule has 3 aromatic carbocycles. The molecule has 0 aliphatic carbocycles. The molecule has 0 bridgehead atoms. The number of fused-ring (bicyclic) bond motifs is 1. The third-order valence-corrected chi connectivity index (χ3v) is 6.43. The molecule has 4 heteroatoms. The summed E-state index contributed by atoms with van der Waals surface area (Å²) >= 11 is 0. The van der Waals surface area contributed by atoms with E-state index in [9.17, 15) is 4.79 Å². The Hall–Kier alpha value is -3.50. The molecular weight excluding hydrogens is 408 g/mol. The number of hydrogen-bond donors (Lipinski definition) is 0. The van der Waals surface area contributed by atoms with Gasteiger partial charge in [0, 0.05) is 17.6 Å². The topological polar surface area (TPSA) is 44.1 Å². The largest absolute Gasteiger partial charge is 0.356 e. The molecule has 1 aliphatic rings. The number of nitrogens with zero attached hydrogens (tertiary/aromatic N) is 2. The normalized spacial score (nSPS) is 17.1. The van der Waals surface area contributed by atoms with Gasteiger partial charge in [0.1, 0.15) is 6.29 Å². The van der Waals surface area contributed by atoms with Crippen LogP contribution in [0.1, 0.15) is 65.9 Å². The molecule has 4 nitrogen and oxygen atoms in total. The number of benzene rings is 3. The van der Waals surface area contributed by atoms with Crippen molar-refractivity contribution < 1.29 is 9.53 Å². The van der Waals surface area contributed by atoms with E-state index in [1.165, 1.54) is 23.1 Å². The maximum atomic E-state index is 11.2. The lowest BCUT2D eigenvalue weighted by Gasteiger charge is -2.23. The molecule has 1 fully saturated rings. The van der Waals surface area contributed by atoms with Crippen molar-refractivity contribution in [2.45, 2.75) is 38.8 Å². The third-order valence-electron chi connectivity index (χ3n) is 6.43. The van der Waals surface area contributed by atoms with Gasteiger partial charge in [0.15, 0.2) is 6.23 Å². The van der Waals surface area contributed by atoms with Crippen molar-refractivity contribution in [1.82, 2.24) is 9.78 Å². The molecule has 1 atom stereocenters. The van der Waals surface area contributed by atoms with E-state index < -0.39 is 0 Å². The molecule has 1 unspecified atom stereocenters. The molecule has 166 valence electrons. The monoisotopic (exact) mass is 436 g/mol. The van der Waals surface area contributed by atoms with Crippen molar-refractivity contribution >= 4 is 28.3 Å². The number of aldehydes is 1. The molecule has 0 saturated carbocycles. The van der Waals surface area contributed by atoms with Gasteiger partial charge in [-0.05, 0) is 65.7 Å². The number of hydrogen-bond acceptors (Lipinski definition) is 3. The Labute approximate surface area is 194 Å². The summed E-state index contributed by atoms with van der Waals surface area (Å²) in [6.45, 7) is 2.99. The lowest BCUT2D eigenvalue weighted by molar-refractivity contribution is -0.0366. The van der Waals surface area contributed by atoms with Crippen LogP contribution in [-0.4, -0.2) is 22.7 Å². The predicted molar refractivity (Wildman–Crippen MR) is 133 cm³/mol. The van der Waals surface area contributed by atoms with E-state index in [1.54, 1.807) is 0 Å². The molecule has 33 heavy (non-hydrogen) atoms. The Bertz CT molecular complexity index is 1280. The fourth-order valence-corrected chi connectivity index (χ4v) is 4.76. The highest BCUT2D eigenvalue weighted by Gasteiger charge is 2.20. The van der Waals surface area contributed by atoms with Crippen molar-refractivity contribution in [2.75, 3.05) is 6.61 Å². The highest BCUT2D eigenvalue weighted by Crippen LogP contribution is 2.36. The molecule has 0 spiro atoms. The van der Waals surface area contributed by atoms with E-state index in [0.29, 0.717) is 5.56 Å². The molecular formula is C29H28N2O2. The Morgan fingerprint density at radius 1 is 1.00 bits per heavy atom. The highest BCUT2D eigenvalue weighted by atomic mass is 16.5. The van der Waals surface area contributed by atoms with E-state index in [-0.39, 0.29) is 6.23 Å². The van der Waals surface area contributed by atoms with Gasteiger partial charge in [0.2, 0.25) is 0 Å². The van der Waals surface area contributed by atoms with E-state index in [1.807, 2.05) is 41.2 Å². The van der Waals surface area contributed by atoms with Gasteiger partial charge in [0.25, 0.3) is 0 Å². The molecule has 1 aliphatic heterocycles. The van der Waals surface area contributed by atoms with E-state index in [0.717, 1.165) is 54.2 Å². The van der Waals surface area contributed by atoms with Gasteiger partial charge < -0.3 is 4.74 Å². The number of aromatic nitrogens is 2. The predicted octanol–water partition coefficient (Wildman–Crippen LogP) is 6.92. The molecule has 1 saturated heterocycles. The molecule has 1 aromatic heterocycles. The molecule has 0 radical (unpaired) electrons. The average molecular weight is 437 g/mol. The van der Waals surface area contributed by atoms with Crippen LogP contribution >= 0.6 is 0 Å². The summed E-state index contributed by atoms with van der Waals surface area (Å²) < 4.78 is 8.00. The maximum absolute atomic E-state index is 11.2. The standard InChI is InChI=1S/C29H28N2O2/c1-2-26(22-8-4-3-5-9-22)29(23-13-11-21(20-32)12-14-23)24-15-16-27-25(18-24)19-30-31(27)28-10-6-7-17-33-28/h3-5,8-9,11-16,18-20,28H,2,6-7,10,17H2,1H3. The second-order valence-corrected chi connectivity index (χ2v) is 8.50. The molecule has 4 aromatic rings. The summed E-state index contributed by atoms with van der Waals surface area (Å²) in [5, 5.41) is 5.78. The molecule has 5 rings (SSSR count). The van der Waals surface area contributed by atoms with Crippen LogP contribution in [0.5, 0.6) is 0 Å². The third kappa shape index (κ3) is 4.27. The molecule has 2 heterocycles. The summed E-state index contributed by atoms with van der Waals surface area (Å²) in [7, 11) is 0. The second kappa shape index (κ2) is 9.55. The first kappa shape index (κ1) is 21.4. The Morgan fingerprint density at radius 3 is 2.48 bits per heavy atom. The first-order chi connectivity index (χ1) is 16.3. The second-order valence-electron chi connectivity index (χ2n) is 8.50. The van der Waals surface area contributed by atoms with Crippen molar-refractivity contribution in [3.05, 3.63) is 101 Å². The van der Waals surface area contributed by atoms with Crippen LogP contribution in [0.15, 0.2) is 79.0 Å². The van der Waals surface area contributed by atoms with Gasteiger partial charge in [-0.15, -0.1) is 0 Å². The van der Waals surface area contributed by atoms with Crippen LogP contribution in [-0.2, 0) is 4.74 Å². The molecule has 0 amide bonds. The SMILES string of the molecule is CCC(=C(c1ccc(C=O)cc1)c1ccc2c(cnn2C2CCCCO2)c1)c1ccccc1. The first-order valence-corrected chi connectivity index (χ1v) is 11.7. The smallest absolute Gasteiger partial charge is 0.150 e. The Balaban J connectivity index is 1.66. The van der Waals surface area contributed by atoms with Gasteiger partial charge in [-0.2, -0.15) is 5.10 Å². The Kier molecular flexibility index (Phi) is 6.18. The van der Waals surface area contributed by atoms with Crippen molar-refractivity contribution in [2.24, 2.45) is 0 Å². The zero-order valence-electron chi connectivity index (χ0n) is 18.9. The molecule has 0 N–H and O–H groups in total. The van der Waals surface area contributed by atoms with Crippen LogP contribution < -0.4 is 0 Å². The van der Waals surface area contributed by atoms with Crippen molar-refractivity contribution in [1.29, 1.82) is 0 Å². The van der Waals surface area contributed by atoms with Gasteiger partial charge in [-0.1, -0.05) is 67.6 Å². The number of ether oxygens (including phenoxy) is 1. The van der Waals surface area contributed by atoms with E-state index in [2.05, 4.69) is 54.5 Å². The van der Waals surface area contributed by atoms with Crippen LogP contribution in [0.3, 0.4) is 0 Å². The van der Waals surface area contributed by atoms with Crippen molar-refractivity contribution in [3.63, 3.8) is 0 Å². The quantitative estimate of drug-likeness (QED) is 0.243. The number of allylic oxidation sites excluding steroid dienone is 1. The fraction of sp³-hybridized carbons (Fsp3) is 0.241. The maximum Gasteiger partial charge on any atom is 0.150 e. The number of carbonyl (C=O) groups excluding carboxylic acids is 1. The van der Waals surface area contributed by atoms with Gasteiger partial charge in [-0.25, -0.2) is 4.68 Å². The fourth-order valence-electron chi connectivity index (χ4n) is 4.76. The summed E-state index contributed by atoms with van der Waals surface area (Å²) in [5.74, 6) is 0. The summed E-state index contributed by atoms with van der Waals surface area (Å²) in [6.07, 6.45) is 7.03. The minimum atomic E-state index is 0.0171. The van der Waals surface area contributed by atoms with Gasteiger partial charge in [0.05, 0.1) is 11.7 Å². The van der Waals surface area contributed by atoms with Gasteiger partial charge >= 0.3 is 0 Å². The lowest BCUT2D eigenvalue weighted by Crippen LogP contribution is -2.18. The minimum absolute atomic E-state index is 0.0171. The zero-order chi connectivity index (χ0) is 22.6. The van der Waals surface area contributed by atoms with Gasteiger partial charge in [-0.3, -0.25) is 4.79 Å². The zero-order valence-corrected chi connectivity index (χ0v) is 18.9. The van der Waals surface area contributed by atoms with Crippen LogP contribution in [0.25, 0.3) is 22.0 Å². The van der Waals surface area contributed by atoms with E-state index >= 15 is 0 Å². The summed E-state index contributed by atoms with van der Waals surface area (Å²) in [6, 6.07) is 25.0. The van der Waals surface area contributed by atoms with Crippen molar-refractivity contribution in [3.8, 4) is 0 Å². The average Bonchev–Trinajstić information content (AvgIpc) is 3.32. The number of carbonyl (C=O) groups is 1. The van der Waals surface area contributed by atoms with E-state index in [4.69, 9.17) is 4.74 Å². The summed E-state index contributed by atoms with van der Waals surface area (Å²) in [4.78, 5) is 11.2. The lowest BCUT2D eigenvalue weighted by atomic mass is 9.87. The van der Waals surface area contributed by atoms with Crippen LogP contribution in [0.4, 0.5) is 0 Å². The Morgan fingerprint density at radius 2 is 1.79 bits per heavy atom. The highest BCUT2D eigenvalue weighted by molar-refractivity contribution is 6.00.